The highest BCUT2D eigenvalue weighted by molar-refractivity contribution is 5.91. The highest BCUT2D eigenvalue weighted by Gasteiger charge is 2.05. The van der Waals surface area contributed by atoms with Crippen molar-refractivity contribution in [3.63, 3.8) is 0 Å². The lowest BCUT2D eigenvalue weighted by Crippen LogP contribution is -2.12. The number of carbonyl (C=O) groups excluding carboxylic acids is 1. The van der Waals surface area contributed by atoms with Crippen LogP contribution in [0.25, 0.3) is 0 Å². The molecule has 0 spiro atoms. The topological polar surface area (TPSA) is 79.3 Å². The molecule has 0 aliphatic carbocycles. The van der Waals surface area contributed by atoms with Crippen LogP contribution in [0.15, 0.2) is 18.3 Å². The van der Waals surface area contributed by atoms with Crippen LogP contribution in [0.3, 0.4) is 0 Å². The number of unbranched alkanes of at least 4 members (excludes halogenated alkanes) is 5. The molecule has 0 aliphatic heterocycles. The van der Waals surface area contributed by atoms with Crippen LogP contribution in [0.2, 0.25) is 0 Å². The Morgan fingerprint density at radius 3 is 2.45 bits per heavy atom. The molecule has 1 aromatic heterocycles. The van der Waals surface area contributed by atoms with Crippen molar-refractivity contribution in [3.05, 3.63) is 23.9 Å². The lowest BCUT2D eigenvalue weighted by molar-refractivity contribution is -0.116. The highest BCUT2D eigenvalue weighted by atomic mass is 16.4. The third-order valence-electron chi connectivity index (χ3n) is 3.04. The summed E-state index contributed by atoms with van der Waals surface area (Å²) in [6, 6.07) is 2.93. The van der Waals surface area contributed by atoms with Gasteiger partial charge in [0.25, 0.3) is 0 Å². The average molecular weight is 278 g/mol. The highest BCUT2D eigenvalue weighted by Crippen LogP contribution is 2.09. The number of aromatic carboxylic acids is 1. The first kappa shape index (κ1) is 16.1. The number of amides is 1. The second-order valence-electron chi connectivity index (χ2n) is 4.80. The first-order valence-corrected chi connectivity index (χ1v) is 7.12. The molecule has 1 amide bonds. The second kappa shape index (κ2) is 9.07. The second-order valence-corrected chi connectivity index (χ2v) is 4.80. The van der Waals surface area contributed by atoms with Gasteiger partial charge in [0, 0.05) is 12.6 Å². The van der Waals surface area contributed by atoms with E-state index in [1.165, 1.54) is 44.0 Å². The maximum absolute atomic E-state index is 11.7. The van der Waals surface area contributed by atoms with Crippen LogP contribution in [0.5, 0.6) is 0 Å². The summed E-state index contributed by atoms with van der Waals surface area (Å²) in [5, 5.41) is 11.4. The zero-order valence-corrected chi connectivity index (χ0v) is 11.9. The number of carboxylic acid groups (broad SMARTS) is 1. The minimum absolute atomic E-state index is 0.0731. The molecule has 0 radical (unpaired) electrons. The van der Waals surface area contributed by atoms with E-state index >= 15 is 0 Å². The molecular formula is C15H22N2O3. The van der Waals surface area contributed by atoms with Crippen LogP contribution in [-0.2, 0) is 4.79 Å². The van der Waals surface area contributed by atoms with Crippen molar-refractivity contribution in [2.24, 2.45) is 0 Å². The molecule has 0 saturated heterocycles. The van der Waals surface area contributed by atoms with Crippen molar-refractivity contribution in [2.75, 3.05) is 5.32 Å². The average Bonchev–Trinajstić information content (AvgIpc) is 2.43. The van der Waals surface area contributed by atoms with Gasteiger partial charge in [-0.1, -0.05) is 39.0 Å². The van der Waals surface area contributed by atoms with Gasteiger partial charge in [0.05, 0.1) is 5.56 Å². The molecule has 2 N–H and O–H groups in total. The Kier molecular flexibility index (Phi) is 7.32. The van der Waals surface area contributed by atoms with E-state index in [0.29, 0.717) is 12.2 Å². The van der Waals surface area contributed by atoms with Gasteiger partial charge in [0.15, 0.2) is 0 Å². The fourth-order valence-electron chi connectivity index (χ4n) is 1.87. The molecule has 0 bridgehead atoms. The minimum Gasteiger partial charge on any atom is -0.478 e. The van der Waals surface area contributed by atoms with Gasteiger partial charge in [-0.15, -0.1) is 0 Å². The lowest BCUT2D eigenvalue weighted by atomic mass is 10.1. The van der Waals surface area contributed by atoms with Crippen LogP contribution >= 0.6 is 0 Å². The van der Waals surface area contributed by atoms with Gasteiger partial charge in [-0.05, 0) is 18.6 Å². The summed E-state index contributed by atoms with van der Waals surface area (Å²) in [6.45, 7) is 2.18. The third-order valence-corrected chi connectivity index (χ3v) is 3.04. The van der Waals surface area contributed by atoms with Crippen LogP contribution in [0, 0.1) is 0 Å². The van der Waals surface area contributed by atoms with Crippen molar-refractivity contribution in [2.45, 2.75) is 51.9 Å². The fraction of sp³-hybridized carbons (Fsp3) is 0.533. The van der Waals surface area contributed by atoms with Gasteiger partial charge in [0.2, 0.25) is 5.91 Å². The zero-order chi connectivity index (χ0) is 14.8. The van der Waals surface area contributed by atoms with Crippen LogP contribution in [0.1, 0.15) is 62.2 Å². The molecule has 1 rings (SSSR count). The molecule has 1 heterocycles. The molecule has 0 aliphatic rings. The zero-order valence-electron chi connectivity index (χ0n) is 11.9. The number of nitrogens with zero attached hydrogens (tertiary/aromatic N) is 1. The van der Waals surface area contributed by atoms with E-state index < -0.39 is 5.97 Å². The molecule has 110 valence electrons. The fourth-order valence-corrected chi connectivity index (χ4v) is 1.87. The maximum atomic E-state index is 11.7. The van der Waals surface area contributed by atoms with Gasteiger partial charge in [-0.2, -0.15) is 0 Å². The van der Waals surface area contributed by atoms with E-state index in [4.69, 9.17) is 5.11 Å². The quantitative estimate of drug-likeness (QED) is 0.678. The standard InChI is InChI=1S/C15H22N2O3/c1-2-3-4-5-6-7-8-14(18)17-13-10-9-12(11-16-13)15(19)20/h9-11H,2-8H2,1H3,(H,19,20)(H,16,17,18). The number of hydrogen-bond donors (Lipinski definition) is 2. The number of aromatic nitrogens is 1. The number of carbonyl (C=O) groups is 2. The Balaban J connectivity index is 2.23. The summed E-state index contributed by atoms with van der Waals surface area (Å²) in [4.78, 5) is 26.2. The Morgan fingerprint density at radius 2 is 1.85 bits per heavy atom. The number of carboxylic acids is 1. The van der Waals surface area contributed by atoms with E-state index in [1.807, 2.05) is 0 Å². The van der Waals surface area contributed by atoms with Crippen molar-refractivity contribution < 1.29 is 14.7 Å². The van der Waals surface area contributed by atoms with Gasteiger partial charge in [0.1, 0.15) is 5.82 Å². The summed E-state index contributed by atoms with van der Waals surface area (Å²) in [7, 11) is 0. The number of nitrogens with one attached hydrogen (secondary N) is 1. The molecule has 5 nitrogen and oxygen atoms in total. The van der Waals surface area contributed by atoms with Gasteiger partial charge in [-0.3, -0.25) is 4.79 Å². The predicted octanol–water partition coefficient (Wildman–Crippen LogP) is 3.47. The molecular weight excluding hydrogens is 256 g/mol. The van der Waals surface area contributed by atoms with E-state index in [0.717, 1.165) is 12.8 Å². The first-order valence-electron chi connectivity index (χ1n) is 7.12. The summed E-state index contributed by atoms with van der Waals surface area (Å²) in [5.74, 6) is -0.704. The number of hydrogen-bond acceptors (Lipinski definition) is 3. The summed E-state index contributed by atoms with van der Waals surface area (Å²) in [5.41, 5.74) is 0.110. The Morgan fingerprint density at radius 1 is 1.15 bits per heavy atom. The Bertz CT molecular complexity index is 429. The summed E-state index contributed by atoms with van der Waals surface area (Å²) in [6.07, 6.45) is 8.55. The van der Waals surface area contributed by atoms with Crippen molar-refractivity contribution in [1.29, 1.82) is 0 Å². The molecule has 1 aromatic rings. The van der Waals surface area contributed by atoms with Gasteiger partial charge < -0.3 is 10.4 Å². The smallest absolute Gasteiger partial charge is 0.337 e. The number of pyridine rings is 1. The number of anilines is 1. The van der Waals surface area contributed by atoms with Crippen LogP contribution < -0.4 is 5.32 Å². The van der Waals surface area contributed by atoms with Gasteiger partial charge in [-0.25, -0.2) is 9.78 Å². The normalized spacial score (nSPS) is 10.2. The van der Waals surface area contributed by atoms with Crippen molar-refractivity contribution >= 4 is 17.7 Å². The van der Waals surface area contributed by atoms with E-state index in [9.17, 15) is 9.59 Å². The molecule has 0 fully saturated rings. The molecule has 5 heteroatoms. The van der Waals surface area contributed by atoms with E-state index in [-0.39, 0.29) is 11.5 Å². The molecule has 0 atom stereocenters. The monoisotopic (exact) mass is 278 g/mol. The molecule has 0 unspecified atom stereocenters. The van der Waals surface area contributed by atoms with Crippen molar-refractivity contribution in [1.82, 2.24) is 4.98 Å². The Hall–Kier alpha value is -1.91. The maximum Gasteiger partial charge on any atom is 0.337 e. The Labute approximate surface area is 119 Å². The van der Waals surface area contributed by atoms with E-state index in [1.54, 1.807) is 0 Å². The summed E-state index contributed by atoms with van der Waals surface area (Å²) < 4.78 is 0. The molecule has 20 heavy (non-hydrogen) atoms. The predicted molar refractivity (Wildman–Crippen MR) is 77.8 cm³/mol. The third kappa shape index (κ3) is 6.31. The summed E-state index contributed by atoms with van der Waals surface area (Å²) >= 11 is 0. The largest absolute Gasteiger partial charge is 0.478 e. The number of rotatable bonds is 9. The lowest BCUT2D eigenvalue weighted by Gasteiger charge is -2.04. The molecule has 0 saturated carbocycles. The van der Waals surface area contributed by atoms with Crippen LogP contribution in [-0.4, -0.2) is 22.0 Å². The molecule has 0 aromatic carbocycles. The minimum atomic E-state index is -1.03. The SMILES string of the molecule is CCCCCCCCC(=O)Nc1ccc(C(=O)O)cn1. The van der Waals surface area contributed by atoms with Crippen molar-refractivity contribution in [3.8, 4) is 0 Å². The first-order chi connectivity index (χ1) is 9.63. The van der Waals surface area contributed by atoms with Crippen LogP contribution in [0.4, 0.5) is 5.82 Å². The van der Waals surface area contributed by atoms with E-state index in [2.05, 4.69) is 17.2 Å². The van der Waals surface area contributed by atoms with Gasteiger partial charge >= 0.3 is 5.97 Å².